The zero-order chi connectivity index (χ0) is 13.8. The summed E-state index contributed by atoms with van der Waals surface area (Å²) in [5, 5.41) is 9.54. The van der Waals surface area contributed by atoms with Gasteiger partial charge >= 0.3 is 0 Å². The van der Waals surface area contributed by atoms with Gasteiger partial charge in [-0.05, 0) is 36.2 Å². The van der Waals surface area contributed by atoms with Gasteiger partial charge < -0.3 is 5.32 Å². The summed E-state index contributed by atoms with van der Waals surface area (Å²) in [6, 6.07) is 7.64. The van der Waals surface area contributed by atoms with Gasteiger partial charge in [0.05, 0.1) is 5.69 Å². The highest BCUT2D eigenvalue weighted by atomic mass is 19.1. The van der Waals surface area contributed by atoms with Crippen LogP contribution in [0.5, 0.6) is 0 Å². The van der Waals surface area contributed by atoms with Gasteiger partial charge in [0, 0.05) is 12.1 Å². The summed E-state index contributed by atoms with van der Waals surface area (Å²) in [7, 11) is 0. The van der Waals surface area contributed by atoms with Crippen LogP contribution in [-0.2, 0) is 0 Å². The largest absolute Gasteiger partial charge is 0.350 e. The summed E-state index contributed by atoms with van der Waals surface area (Å²) in [5.74, 6) is -0.0906. The zero-order valence-electron chi connectivity index (χ0n) is 10.9. The van der Waals surface area contributed by atoms with Crippen LogP contribution in [0.3, 0.4) is 0 Å². The Hall–Kier alpha value is -2.17. The second-order valence-electron chi connectivity index (χ2n) is 4.78. The summed E-state index contributed by atoms with van der Waals surface area (Å²) >= 11 is 0. The number of nitrogens with one attached hydrogen (secondary N) is 2. The molecule has 5 heteroatoms. The Morgan fingerprint density at radius 3 is 2.68 bits per heavy atom. The fourth-order valence-electron chi connectivity index (χ4n) is 1.60. The van der Waals surface area contributed by atoms with Crippen molar-refractivity contribution in [3.8, 4) is 11.3 Å². The van der Waals surface area contributed by atoms with Crippen LogP contribution in [0, 0.1) is 11.7 Å². The fraction of sp³-hybridized carbons (Fsp3) is 0.286. The number of carbonyl (C=O) groups excluding carboxylic acids is 1. The molecule has 1 amide bonds. The molecular weight excluding hydrogens is 245 g/mol. The smallest absolute Gasteiger partial charge is 0.269 e. The van der Waals surface area contributed by atoms with Crippen molar-refractivity contribution in [3.05, 3.63) is 41.8 Å². The van der Waals surface area contributed by atoms with Crippen molar-refractivity contribution in [2.24, 2.45) is 5.92 Å². The lowest BCUT2D eigenvalue weighted by molar-refractivity contribution is 0.0944. The van der Waals surface area contributed by atoms with Crippen LogP contribution in [-0.4, -0.2) is 22.6 Å². The molecule has 1 heterocycles. The van der Waals surface area contributed by atoms with Gasteiger partial charge in [-0.3, -0.25) is 9.89 Å². The van der Waals surface area contributed by atoms with Crippen LogP contribution < -0.4 is 5.32 Å². The predicted molar refractivity (Wildman–Crippen MR) is 71.2 cm³/mol. The van der Waals surface area contributed by atoms with Crippen LogP contribution in [0.15, 0.2) is 30.3 Å². The van der Waals surface area contributed by atoms with Gasteiger partial charge in [-0.15, -0.1) is 0 Å². The first kappa shape index (κ1) is 13.3. The number of nitrogens with zero attached hydrogens (tertiary/aromatic N) is 1. The van der Waals surface area contributed by atoms with E-state index in [1.165, 1.54) is 12.1 Å². The molecule has 0 aliphatic heterocycles. The maximum Gasteiger partial charge on any atom is 0.269 e. The van der Waals surface area contributed by atoms with E-state index in [0.717, 1.165) is 5.56 Å². The molecule has 0 saturated carbocycles. The van der Waals surface area contributed by atoms with E-state index < -0.39 is 0 Å². The topological polar surface area (TPSA) is 57.8 Å². The first-order valence-electron chi connectivity index (χ1n) is 6.16. The molecule has 19 heavy (non-hydrogen) atoms. The Balaban J connectivity index is 2.10. The molecule has 100 valence electrons. The maximum absolute atomic E-state index is 12.8. The number of benzene rings is 1. The van der Waals surface area contributed by atoms with E-state index >= 15 is 0 Å². The molecule has 2 rings (SSSR count). The van der Waals surface area contributed by atoms with Crippen molar-refractivity contribution < 1.29 is 9.18 Å². The average molecular weight is 261 g/mol. The molecule has 4 nitrogen and oxygen atoms in total. The Labute approximate surface area is 111 Å². The van der Waals surface area contributed by atoms with Crippen LogP contribution in [0.1, 0.15) is 24.3 Å². The maximum atomic E-state index is 12.8. The normalized spacial score (nSPS) is 10.7. The predicted octanol–water partition coefficient (Wildman–Crippen LogP) is 2.60. The SMILES string of the molecule is CC(C)CNC(=O)c1cc(-c2ccc(F)cc2)n[nH]1. The van der Waals surface area contributed by atoms with Gasteiger partial charge in [0.1, 0.15) is 11.5 Å². The highest BCUT2D eigenvalue weighted by Gasteiger charge is 2.11. The lowest BCUT2D eigenvalue weighted by Crippen LogP contribution is -2.27. The first-order chi connectivity index (χ1) is 9.06. The van der Waals surface area contributed by atoms with Gasteiger partial charge in [-0.1, -0.05) is 13.8 Å². The number of aromatic nitrogens is 2. The van der Waals surface area contributed by atoms with Gasteiger partial charge in [0.15, 0.2) is 0 Å². The number of aromatic amines is 1. The standard InChI is InChI=1S/C14H16FN3O/c1-9(2)8-16-14(19)13-7-12(17-18-13)10-3-5-11(15)6-4-10/h3-7,9H,8H2,1-2H3,(H,16,19)(H,17,18). The van der Waals surface area contributed by atoms with E-state index in [9.17, 15) is 9.18 Å². The minimum absolute atomic E-state index is 0.186. The quantitative estimate of drug-likeness (QED) is 0.888. The Morgan fingerprint density at radius 2 is 2.05 bits per heavy atom. The number of H-pyrrole nitrogens is 1. The molecule has 1 aromatic carbocycles. The first-order valence-corrected chi connectivity index (χ1v) is 6.16. The second kappa shape index (κ2) is 5.65. The van der Waals surface area contributed by atoms with Gasteiger partial charge in [-0.25, -0.2) is 4.39 Å². The van der Waals surface area contributed by atoms with Gasteiger partial charge in [-0.2, -0.15) is 5.10 Å². The van der Waals surface area contributed by atoms with Crippen molar-refractivity contribution in [2.45, 2.75) is 13.8 Å². The fourth-order valence-corrected chi connectivity index (χ4v) is 1.60. The molecule has 0 unspecified atom stereocenters. The third-order valence-electron chi connectivity index (χ3n) is 2.63. The lowest BCUT2D eigenvalue weighted by atomic mass is 10.1. The molecule has 2 aromatic rings. The number of halogens is 1. The molecule has 1 aromatic heterocycles. The average Bonchev–Trinajstić information content (AvgIpc) is 2.86. The summed E-state index contributed by atoms with van der Waals surface area (Å²) in [5.41, 5.74) is 1.79. The molecule has 0 bridgehead atoms. The van der Waals surface area contributed by atoms with E-state index in [0.29, 0.717) is 23.9 Å². The van der Waals surface area contributed by atoms with Crippen LogP contribution >= 0.6 is 0 Å². The van der Waals surface area contributed by atoms with Gasteiger partial charge in [0.2, 0.25) is 0 Å². The van der Waals surface area contributed by atoms with Crippen molar-refractivity contribution in [1.82, 2.24) is 15.5 Å². The molecule has 2 N–H and O–H groups in total. The number of hydrogen-bond acceptors (Lipinski definition) is 2. The van der Waals surface area contributed by atoms with E-state index in [1.807, 2.05) is 13.8 Å². The Kier molecular flexibility index (Phi) is 3.94. The van der Waals surface area contributed by atoms with Crippen LogP contribution in [0.25, 0.3) is 11.3 Å². The van der Waals surface area contributed by atoms with E-state index in [2.05, 4.69) is 15.5 Å². The summed E-state index contributed by atoms with van der Waals surface area (Å²) in [4.78, 5) is 11.8. The lowest BCUT2D eigenvalue weighted by Gasteiger charge is -2.05. The third-order valence-corrected chi connectivity index (χ3v) is 2.63. The number of rotatable bonds is 4. The number of carbonyl (C=O) groups is 1. The van der Waals surface area contributed by atoms with E-state index in [4.69, 9.17) is 0 Å². The minimum atomic E-state index is -0.297. The van der Waals surface area contributed by atoms with Crippen molar-refractivity contribution in [3.63, 3.8) is 0 Å². The minimum Gasteiger partial charge on any atom is -0.350 e. The molecule has 0 saturated heterocycles. The van der Waals surface area contributed by atoms with Crippen molar-refractivity contribution in [1.29, 1.82) is 0 Å². The second-order valence-corrected chi connectivity index (χ2v) is 4.78. The highest BCUT2D eigenvalue weighted by molar-refractivity contribution is 5.93. The summed E-state index contributed by atoms with van der Waals surface area (Å²) in [6.45, 7) is 4.66. The third kappa shape index (κ3) is 3.40. The molecular formula is C14H16FN3O. The molecule has 0 fully saturated rings. The zero-order valence-corrected chi connectivity index (χ0v) is 10.9. The van der Waals surface area contributed by atoms with Crippen LogP contribution in [0.4, 0.5) is 4.39 Å². The Morgan fingerprint density at radius 1 is 1.37 bits per heavy atom. The molecule has 0 atom stereocenters. The Bertz CT molecular complexity index is 560. The molecule has 0 aliphatic rings. The molecule has 0 spiro atoms. The van der Waals surface area contributed by atoms with Crippen molar-refractivity contribution in [2.75, 3.05) is 6.54 Å². The molecule has 0 aliphatic carbocycles. The van der Waals surface area contributed by atoms with Gasteiger partial charge in [0.25, 0.3) is 5.91 Å². The van der Waals surface area contributed by atoms with E-state index in [-0.39, 0.29) is 11.7 Å². The van der Waals surface area contributed by atoms with E-state index in [1.54, 1.807) is 18.2 Å². The monoisotopic (exact) mass is 261 g/mol. The summed E-state index contributed by atoms with van der Waals surface area (Å²) in [6.07, 6.45) is 0. The highest BCUT2D eigenvalue weighted by Crippen LogP contribution is 2.17. The summed E-state index contributed by atoms with van der Waals surface area (Å²) < 4.78 is 12.8. The number of hydrogen-bond donors (Lipinski definition) is 2. The number of amides is 1. The molecule has 0 radical (unpaired) electrons. The van der Waals surface area contributed by atoms with Crippen molar-refractivity contribution >= 4 is 5.91 Å². The van der Waals surface area contributed by atoms with Crippen LogP contribution in [0.2, 0.25) is 0 Å².